The highest BCUT2D eigenvalue weighted by Crippen LogP contribution is 2.69. The molecule has 0 amide bonds. The maximum Gasteiger partial charge on any atom is 0.243 e. The molecule has 3 aliphatic rings. The highest BCUT2D eigenvalue weighted by Gasteiger charge is 2.77. The van der Waals surface area contributed by atoms with Crippen LogP contribution < -0.4 is 9.47 Å². The zero-order valence-electron chi connectivity index (χ0n) is 21.0. The third kappa shape index (κ3) is 3.66. The SMILES string of the molecule is COc1nc(Cl)cc2c1[C@]1(O)[C@H](O)[C@H](CN3CC(C(F)F)C3)[C@@H](c3ccccc3)[C@]1(c1ccc(C#N)cc1)O2. The van der Waals surface area contributed by atoms with Crippen LogP contribution in [0.4, 0.5) is 8.78 Å². The number of pyridine rings is 1. The quantitative estimate of drug-likeness (QED) is 0.444. The summed E-state index contributed by atoms with van der Waals surface area (Å²) >= 11 is 6.27. The Balaban J connectivity index is 1.58. The lowest BCUT2D eigenvalue weighted by Crippen LogP contribution is -2.53. The number of methoxy groups -OCH3 is 1. The molecule has 2 aromatic carbocycles. The maximum atomic E-state index is 13.3. The first kappa shape index (κ1) is 26.0. The molecule has 2 N–H and O–H groups in total. The Hall–Kier alpha value is -3.29. The number of hydrogen-bond donors (Lipinski definition) is 2. The lowest BCUT2D eigenvalue weighted by Gasteiger charge is -2.43. The molecule has 0 radical (unpaired) electrons. The lowest BCUT2D eigenvalue weighted by molar-refractivity contribution is -0.153. The molecule has 0 unspecified atom stereocenters. The summed E-state index contributed by atoms with van der Waals surface area (Å²) in [6.45, 7) is 0.650. The van der Waals surface area contributed by atoms with Crippen molar-refractivity contribution in [1.29, 1.82) is 5.26 Å². The van der Waals surface area contributed by atoms with Gasteiger partial charge in [-0.1, -0.05) is 54.1 Å². The van der Waals surface area contributed by atoms with Gasteiger partial charge >= 0.3 is 0 Å². The van der Waals surface area contributed by atoms with Crippen LogP contribution >= 0.6 is 11.6 Å². The Kier molecular flexibility index (Phi) is 6.27. The maximum absolute atomic E-state index is 13.3. The van der Waals surface area contributed by atoms with Crippen LogP contribution in [0.2, 0.25) is 5.15 Å². The highest BCUT2D eigenvalue weighted by molar-refractivity contribution is 6.29. The Morgan fingerprint density at radius 1 is 1.21 bits per heavy atom. The molecule has 3 aromatic rings. The van der Waals surface area contributed by atoms with Gasteiger partial charge in [0, 0.05) is 43.5 Å². The van der Waals surface area contributed by atoms with E-state index in [-0.39, 0.29) is 42.0 Å². The van der Waals surface area contributed by atoms with Gasteiger partial charge in [-0.15, -0.1) is 0 Å². The van der Waals surface area contributed by atoms with E-state index in [0.29, 0.717) is 11.1 Å². The van der Waals surface area contributed by atoms with Crippen molar-refractivity contribution in [2.45, 2.75) is 29.6 Å². The number of nitriles is 1. The zero-order valence-corrected chi connectivity index (χ0v) is 21.7. The standard InChI is InChI=1S/C29H26ClF2N3O4/c1-38-27-24-21(11-22(30)34-27)39-29(19-9-7-16(12-33)8-10-19)23(17-5-3-2-4-6-17)20(25(36)28(24,29)37)15-35-13-18(14-35)26(31)32/h2-11,18,20,23,25-26,36-37H,13-15H2,1H3/t20-,23-,25-,28+,29+/m1/s1. The Bertz CT molecular complexity index is 1430. The van der Waals surface area contributed by atoms with E-state index in [1.165, 1.54) is 13.2 Å². The van der Waals surface area contributed by atoms with Gasteiger partial charge in [0.2, 0.25) is 12.3 Å². The largest absolute Gasteiger partial charge is 0.481 e. The zero-order chi connectivity index (χ0) is 27.5. The fraction of sp³-hybridized carbons (Fsp3) is 0.379. The number of rotatable bonds is 6. The van der Waals surface area contributed by atoms with E-state index in [0.717, 1.165) is 5.56 Å². The van der Waals surface area contributed by atoms with E-state index >= 15 is 0 Å². The van der Waals surface area contributed by atoms with E-state index in [9.17, 15) is 24.3 Å². The second-order valence-electron chi connectivity index (χ2n) is 10.4. The summed E-state index contributed by atoms with van der Waals surface area (Å²) < 4.78 is 38.8. The topological polar surface area (TPSA) is 98.8 Å². The number of ether oxygens (including phenoxy) is 2. The minimum absolute atomic E-state index is 0.0174. The number of alkyl halides is 2. The van der Waals surface area contributed by atoms with E-state index < -0.39 is 41.5 Å². The van der Waals surface area contributed by atoms with E-state index in [1.54, 1.807) is 24.3 Å². The van der Waals surface area contributed by atoms with Crippen LogP contribution in [-0.2, 0) is 11.2 Å². The van der Waals surface area contributed by atoms with Crippen LogP contribution in [0.1, 0.15) is 28.2 Å². The van der Waals surface area contributed by atoms with E-state index in [4.69, 9.17) is 21.1 Å². The predicted molar refractivity (Wildman–Crippen MR) is 138 cm³/mol. The summed E-state index contributed by atoms with van der Waals surface area (Å²) in [5.41, 5.74) is -1.73. The van der Waals surface area contributed by atoms with Crippen molar-refractivity contribution in [3.8, 4) is 17.7 Å². The molecule has 3 heterocycles. The van der Waals surface area contributed by atoms with Gasteiger partial charge in [-0.25, -0.2) is 13.8 Å². The van der Waals surface area contributed by atoms with Gasteiger partial charge in [0.25, 0.3) is 0 Å². The summed E-state index contributed by atoms with van der Waals surface area (Å²) in [4.78, 5) is 6.12. The summed E-state index contributed by atoms with van der Waals surface area (Å²) in [7, 11) is 1.39. The second kappa shape index (κ2) is 9.42. The molecule has 2 aliphatic heterocycles. The fourth-order valence-electron chi connectivity index (χ4n) is 6.76. The van der Waals surface area contributed by atoms with E-state index in [1.807, 2.05) is 35.2 Å². The molecule has 1 aromatic heterocycles. The van der Waals surface area contributed by atoms with Crippen molar-refractivity contribution in [3.05, 3.63) is 88.1 Å². The van der Waals surface area contributed by atoms with Gasteiger partial charge in [0.15, 0.2) is 11.2 Å². The molecule has 1 saturated heterocycles. The normalized spacial score (nSPS) is 29.8. The Labute approximate surface area is 229 Å². The van der Waals surface area contributed by atoms with Crippen LogP contribution in [0.3, 0.4) is 0 Å². The molecule has 202 valence electrons. The van der Waals surface area contributed by atoms with Crippen molar-refractivity contribution >= 4 is 11.6 Å². The van der Waals surface area contributed by atoms with Crippen LogP contribution in [-0.4, -0.2) is 59.4 Å². The van der Waals surface area contributed by atoms with Crippen LogP contribution in [0.15, 0.2) is 60.7 Å². The summed E-state index contributed by atoms with van der Waals surface area (Å²) in [5.74, 6) is -1.74. The second-order valence-corrected chi connectivity index (χ2v) is 10.8. The minimum Gasteiger partial charge on any atom is -0.481 e. The van der Waals surface area contributed by atoms with E-state index in [2.05, 4.69) is 11.1 Å². The summed E-state index contributed by atoms with van der Waals surface area (Å²) in [6.07, 6.45) is -3.81. The number of hydrogen-bond acceptors (Lipinski definition) is 7. The molecule has 39 heavy (non-hydrogen) atoms. The molecule has 7 nitrogen and oxygen atoms in total. The molecule has 0 spiro atoms. The molecule has 0 bridgehead atoms. The molecular formula is C29H26ClF2N3O4. The van der Waals surface area contributed by atoms with Crippen LogP contribution in [0.25, 0.3) is 0 Å². The molecule has 1 saturated carbocycles. The molecule has 1 aliphatic carbocycles. The number of fused-ring (bicyclic) bond motifs is 3. The number of nitrogens with zero attached hydrogens (tertiary/aromatic N) is 3. The van der Waals surface area contributed by atoms with Crippen molar-refractivity contribution < 1.29 is 28.5 Å². The average molecular weight is 554 g/mol. The van der Waals surface area contributed by atoms with Gasteiger partial charge in [-0.05, 0) is 23.3 Å². The highest BCUT2D eigenvalue weighted by atomic mass is 35.5. The minimum atomic E-state index is -2.41. The molecule has 6 rings (SSSR count). The van der Waals surface area contributed by atoms with Gasteiger partial charge in [-0.2, -0.15) is 5.26 Å². The van der Waals surface area contributed by atoms with Crippen molar-refractivity contribution in [2.75, 3.05) is 26.7 Å². The third-order valence-electron chi connectivity index (χ3n) is 8.44. The van der Waals surface area contributed by atoms with Crippen LogP contribution in [0, 0.1) is 23.2 Å². The predicted octanol–water partition coefficient (Wildman–Crippen LogP) is 4.06. The van der Waals surface area contributed by atoms with Gasteiger partial charge < -0.3 is 24.6 Å². The number of likely N-dealkylation sites (tertiary alicyclic amines) is 1. The number of halogens is 3. The van der Waals surface area contributed by atoms with Gasteiger partial charge in [0.05, 0.1) is 30.4 Å². The monoisotopic (exact) mass is 553 g/mol. The van der Waals surface area contributed by atoms with Crippen LogP contribution in [0.5, 0.6) is 11.6 Å². The first-order valence-corrected chi connectivity index (χ1v) is 13.0. The van der Waals surface area contributed by atoms with Crippen molar-refractivity contribution in [2.24, 2.45) is 11.8 Å². The molecule has 2 fully saturated rings. The molecule has 5 atom stereocenters. The molecule has 10 heteroatoms. The lowest BCUT2D eigenvalue weighted by atomic mass is 9.70. The first-order chi connectivity index (χ1) is 18.7. The number of aromatic nitrogens is 1. The smallest absolute Gasteiger partial charge is 0.243 e. The van der Waals surface area contributed by atoms with Crippen molar-refractivity contribution in [1.82, 2.24) is 9.88 Å². The Morgan fingerprint density at radius 3 is 2.51 bits per heavy atom. The van der Waals surface area contributed by atoms with Gasteiger partial charge in [-0.3, -0.25) is 0 Å². The molecular weight excluding hydrogens is 528 g/mol. The van der Waals surface area contributed by atoms with Gasteiger partial charge in [0.1, 0.15) is 10.9 Å². The fourth-order valence-corrected chi connectivity index (χ4v) is 6.94. The first-order valence-electron chi connectivity index (χ1n) is 12.6. The summed E-state index contributed by atoms with van der Waals surface area (Å²) in [6, 6.07) is 19.6. The number of benzene rings is 2. The van der Waals surface area contributed by atoms with Crippen molar-refractivity contribution in [3.63, 3.8) is 0 Å². The third-order valence-corrected chi connectivity index (χ3v) is 8.64. The average Bonchev–Trinajstić information content (AvgIpc) is 3.28. The Morgan fingerprint density at radius 2 is 1.90 bits per heavy atom. The number of aliphatic hydroxyl groups excluding tert-OH is 1. The number of aliphatic hydroxyl groups is 2. The summed E-state index contributed by atoms with van der Waals surface area (Å²) in [5, 5.41) is 34.4.